The maximum Gasteiger partial charge on any atom is 0.327 e. The van der Waals surface area contributed by atoms with Crippen molar-refractivity contribution in [2.45, 2.75) is 33.1 Å². The number of allylic oxidation sites excluding steroid dienone is 1. The second kappa shape index (κ2) is 8.75. The molecule has 0 aliphatic rings. The molecule has 0 unspecified atom stereocenters. The molecule has 0 atom stereocenters. The Labute approximate surface area is 86.2 Å². The van der Waals surface area contributed by atoms with Gasteiger partial charge in [-0.3, -0.25) is 0 Å². The van der Waals surface area contributed by atoms with Crippen LogP contribution in [0.3, 0.4) is 0 Å². The van der Waals surface area contributed by atoms with Gasteiger partial charge in [-0.1, -0.05) is 19.9 Å². The maximum atomic E-state index is 10.1. The molecule has 0 aliphatic heterocycles. The van der Waals surface area contributed by atoms with Gasteiger partial charge in [-0.05, 0) is 38.3 Å². The predicted octanol–water partition coefficient (Wildman–Crippen LogP) is 2.04. The van der Waals surface area contributed by atoms with Crippen LogP contribution >= 0.6 is 0 Å². The van der Waals surface area contributed by atoms with E-state index in [4.69, 9.17) is 5.11 Å². The molecule has 0 amide bonds. The fourth-order valence-corrected chi connectivity index (χ4v) is 1.09. The first-order valence-corrected chi connectivity index (χ1v) is 5.23. The third-order valence-electron chi connectivity index (χ3n) is 1.79. The topological polar surface area (TPSA) is 49.3 Å². The number of aliphatic carboxylic acids is 1. The van der Waals surface area contributed by atoms with E-state index in [1.165, 1.54) is 6.08 Å². The Kier molecular flexibility index (Phi) is 8.24. The summed E-state index contributed by atoms with van der Waals surface area (Å²) >= 11 is 0. The highest BCUT2D eigenvalue weighted by Crippen LogP contribution is 1.96. The molecule has 0 heterocycles. The molecule has 0 spiro atoms. The number of rotatable bonds is 8. The third kappa shape index (κ3) is 11.2. The number of unbranched alkanes of at least 4 members (excludes halogenated alkanes) is 2. The summed E-state index contributed by atoms with van der Waals surface area (Å²) in [5.41, 5.74) is 0. The van der Waals surface area contributed by atoms with Crippen molar-refractivity contribution < 1.29 is 9.90 Å². The van der Waals surface area contributed by atoms with Gasteiger partial charge >= 0.3 is 5.97 Å². The van der Waals surface area contributed by atoms with Crippen LogP contribution in [0.4, 0.5) is 0 Å². The summed E-state index contributed by atoms with van der Waals surface area (Å²) in [5.74, 6) is -0.162. The van der Waals surface area contributed by atoms with E-state index < -0.39 is 5.97 Å². The van der Waals surface area contributed by atoms with Crippen molar-refractivity contribution in [2.24, 2.45) is 5.92 Å². The number of hydrogen-bond donors (Lipinski definition) is 2. The standard InChI is InChI=1S/C11H21NO2/c1-10(2)9-12-8-6-4-3-5-7-11(13)14/h5,7,10,12H,3-4,6,8-9H2,1-2H3,(H,13,14). The Hall–Kier alpha value is -0.830. The molecule has 0 fully saturated rings. The molecule has 3 heteroatoms. The van der Waals surface area contributed by atoms with Gasteiger partial charge < -0.3 is 10.4 Å². The lowest BCUT2D eigenvalue weighted by Crippen LogP contribution is -2.20. The molecule has 0 aromatic rings. The summed E-state index contributed by atoms with van der Waals surface area (Å²) in [5, 5.41) is 11.7. The summed E-state index contributed by atoms with van der Waals surface area (Å²) in [6, 6.07) is 0. The minimum absolute atomic E-state index is 0.696. The van der Waals surface area contributed by atoms with Crippen molar-refractivity contribution in [1.82, 2.24) is 5.32 Å². The Morgan fingerprint density at radius 1 is 1.43 bits per heavy atom. The van der Waals surface area contributed by atoms with Crippen molar-refractivity contribution in [3.05, 3.63) is 12.2 Å². The van der Waals surface area contributed by atoms with Gasteiger partial charge in [-0.2, -0.15) is 0 Å². The lowest BCUT2D eigenvalue weighted by molar-refractivity contribution is -0.131. The summed E-state index contributed by atoms with van der Waals surface area (Å²) in [7, 11) is 0. The van der Waals surface area contributed by atoms with E-state index in [1.807, 2.05) is 0 Å². The first-order chi connectivity index (χ1) is 6.63. The van der Waals surface area contributed by atoms with Gasteiger partial charge in [0, 0.05) is 6.08 Å². The van der Waals surface area contributed by atoms with E-state index in [0.29, 0.717) is 5.92 Å². The van der Waals surface area contributed by atoms with Crippen LogP contribution in [-0.4, -0.2) is 24.2 Å². The molecule has 14 heavy (non-hydrogen) atoms. The molecular weight excluding hydrogens is 178 g/mol. The largest absolute Gasteiger partial charge is 0.478 e. The molecule has 0 bridgehead atoms. The van der Waals surface area contributed by atoms with Gasteiger partial charge in [0.1, 0.15) is 0 Å². The van der Waals surface area contributed by atoms with E-state index in [9.17, 15) is 4.79 Å². The van der Waals surface area contributed by atoms with Crippen LogP contribution in [0.25, 0.3) is 0 Å². The fraction of sp³-hybridized carbons (Fsp3) is 0.727. The zero-order valence-corrected chi connectivity index (χ0v) is 9.12. The average molecular weight is 199 g/mol. The van der Waals surface area contributed by atoms with Crippen molar-refractivity contribution >= 4 is 5.97 Å². The van der Waals surface area contributed by atoms with Crippen LogP contribution in [0, 0.1) is 5.92 Å². The molecule has 0 aromatic carbocycles. The Morgan fingerprint density at radius 2 is 2.14 bits per heavy atom. The van der Waals surface area contributed by atoms with Crippen molar-refractivity contribution in [1.29, 1.82) is 0 Å². The highest BCUT2D eigenvalue weighted by atomic mass is 16.4. The number of hydrogen-bond acceptors (Lipinski definition) is 2. The molecule has 0 rings (SSSR count). The minimum Gasteiger partial charge on any atom is -0.478 e. The molecule has 0 aromatic heterocycles. The molecule has 0 saturated heterocycles. The molecule has 2 N–H and O–H groups in total. The quantitative estimate of drug-likeness (QED) is 0.464. The molecular formula is C11H21NO2. The van der Waals surface area contributed by atoms with Gasteiger partial charge in [0.2, 0.25) is 0 Å². The van der Waals surface area contributed by atoms with E-state index in [1.54, 1.807) is 6.08 Å². The summed E-state index contributed by atoms with van der Waals surface area (Å²) in [6.07, 6.45) is 5.94. The average Bonchev–Trinajstić information content (AvgIpc) is 2.08. The maximum absolute atomic E-state index is 10.1. The third-order valence-corrected chi connectivity index (χ3v) is 1.79. The van der Waals surface area contributed by atoms with Crippen LogP contribution in [-0.2, 0) is 4.79 Å². The second-order valence-corrected chi connectivity index (χ2v) is 3.83. The summed E-state index contributed by atoms with van der Waals surface area (Å²) < 4.78 is 0. The normalized spacial score (nSPS) is 11.4. The first kappa shape index (κ1) is 13.2. The first-order valence-electron chi connectivity index (χ1n) is 5.23. The number of carbonyl (C=O) groups is 1. The minimum atomic E-state index is -0.858. The van der Waals surface area contributed by atoms with E-state index >= 15 is 0 Å². The van der Waals surface area contributed by atoms with E-state index in [-0.39, 0.29) is 0 Å². The highest BCUT2D eigenvalue weighted by Gasteiger charge is 1.92. The van der Waals surface area contributed by atoms with Crippen LogP contribution in [0.5, 0.6) is 0 Å². The summed E-state index contributed by atoms with van der Waals surface area (Å²) in [6.45, 7) is 6.45. The van der Waals surface area contributed by atoms with Gasteiger partial charge in [0.15, 0.2) is 0 Å². The van der Waals surface area contributed by atoms with Crippen LogP contribution in [0.1, 0.15) is 33.1 Å². The summed E-state index contributed by atoms with van der Waals surface area (Å²) in [4.78, 5) is 10.1. The molecule has 82 valence electrons. The number of nitrogens with one attached hydrogen (secondary N) is 1. The monoisotopic (exact) mass is 199 g/mol. The Morgan fingerprint density at radius 3 is 2.71 bits per heavy atom. The van der Waals surface area contributed by atoms with Crippen molar-refractivity contribution in [3.8, 4) is 0 Å². The smallest absolute Gasteiger partial charge is 0.327 e. The van der Waals surface area contributed by atoms with Gasteiger partial charge in [-0.25, -0.2) is 4.79 Å². The number of carboxylic acid groups (broad SMARTS) is 1. The zero-order valence-electron chi connectivity index (χ0n) is 9.12. The number of carboxylic acids is 1. The Balaban J connectivity index is 3.10. The van der Waals surface area contributed by atoms with Crippen molar-refractivity contribution in [2.75, 3.05) is 13.1 Å². The predicted molar refractivity (Wildman–Crippen MR) is 58.3 cm³/mol. The second-order valence-electron chi connectivity index (χ2n) is 3.83. The van der Waals surface area contributed by atoms with Crippen molar-refractivity contribution in [3.63, 3.8) is 0 Å². The van der Waals surface area contributed by atoms with Crippen LogP contribution in [0.15, 0.2) is 12.2 Å². The molecule has 0 aliphatic carbocycles. The molecule has 3 nitrogen and oxygen atoms in total. The zero-order chi connectivity index (χ0) is 10.8. The fourth-order valence-electron chi connectivity index (χ4n) is 1.09. The molecule has 0 saturated carbocycles. The van der Waals surface area contributed by atoms with Gasteiger partial charge in [0.05, 0.1) is 0 Å². The van der Waals surface area contributed by atoms with E-state index in [2.05, 4.69) is 19.2 Å². The molecule has 0 radical (unpaired) electrons. The van der Waals surface area contributed by atoms with Gasteiger partial charge in [0.25, 0.3) is 0 Å². The van der Waals surface area contributed by atoms with Gasteiger partial charge in [-0.15, -0.1) is 0 Å². The van der Waals surface area contributed by atoms with Crippen LogP contribution < -0.4 is 5.32 Å². The van der Waals surface area contributed by atoms with Crippen LogP contribution in [0.2, 0.25) is 0 Å². The Bertz CT molecular complexity index is 176. The highest BCUT2D eigenvalue weighted by molar-refractivity contribution is 5.79. The lowest BCUT2D eigenvalue weighted by atomic mass is 10.2. The van der Waals surface area contributed by atoms with E-state index in [0.717, 1.165) is 32.4 Å². The SMILES string of the molecule is CC(C)CNCCCCC=CC(=O)O. The lowest BCUT2D eigenvalue weighted by Gasteiger charge is -2.05.